The molecule has 0 unspecified atom stereocenters. The van der Waals surface area contributed by atoms with Crippen LogP contribution in [-0.4, -0.2) is 42.3 Å². The molecule has 0 aliphatic rings. The molecule has 2 rings (SSSR count). The normalized spacial score (nSPS) is 10.9. The Kier molecular flexibility index (Phi) is 8.01. The van der Waals surface area contributed by atoms with Gasteiger partial charge in [-0.2, -0.15) is 0 Å². The number of ether oxygens (including phenoxy) is 2. The summed E-state index contributed by atoms with van der Waals surface area (Å²) in [5.41, 5.74) is 4.27. The Labute approximate surface area is 142 Å². The van der Waals surface area contributed by atoms with E-state index in [-0.39, 0.29) is 0 Å². The van der Waals surface area contributed by atoms with Gasteiger partial charge in [0, 0.05) is 24.9 Å². The molecule has 0 aromatic carbocycles. The second-order valence-electron chi connectivity index (χ2n) is 5.29. The number of aromatic nitrogens is 2. The van der Waals surface area contributed by atoms with E-state index in [2.05, 4.69) is 29.0 Å². The number of nitrogens with zero attached hydrogens (tertiary/aromatic N) is 2. The second kappa shape index (κ2) is 10.3. The summed E-state index contributed by atoms with van der Waals surface area (Å²) in [4.78, 5) is 8.80. The Morgan fingerprint density at radius 3 is 2.35 bits per heavy atom. The second-order valence-corrected chi connectivity index (χ2v) is 5.66. The van der Waals surface area contributed by atoms with Gasteiger partial charge in [0.2, 0.25) is 0 Å². The lowest BCUT2D eigenvalue weighted by molar-refractivity contribution is 0.0527. The van der Waals surface area contributed by atoms with E-state index in [1.54, 1.807) is 0 Å². The average Bonchev–Trinajstić information content (AvgIpc) is 2.57. The summed E-state index contributed by atoms with van der Waals surface area (Å²) in [6, 6.07) is 8.19. The molecule has 0 bridgehead atoms. The van der Waals surface area contributed by atoms with Crippen molar-refractivity contribution in [2.45, 2.75) is 19.8 Å². The van der Waals surface area contributed by atoms with Gasteiger partial charge in [-0.05, 0) is 55.2 Å². The van der Waals surface area contributed by atoms with Crippen molar-refractivity contribution < 1.29 is 9.47 Å². The van der Waals surface area contributed by atoms with Crippen LogP contribution in [0.1, 0.15) is 17.5 Å². The number of aryl methyl sites for hydroxylation is 2. The molecule has 2 aromatic heterocycles. The lowest BCUT2D eigenvalue weighted by Gasteiger charge is -2.06. The van der Waals surface area contributed by atoms with Crippen molar-refractivity contribution in [1.29, 1.82) is 0 Å². The van der Waals surface area contributed by atoms with Crippen LogP contribution in [0.4, 0.5) is 0 Å². The van der Waals surface area contributed by atoms with Crippen LogP contribution >= 0.6 is 11.6 Å². The molecule has 0 saturated carbocycles. The zero-order valence-corrected chi connectivity index (χ0v) is 14.3. The summed E-state index contributed by atoms with van der Waals surface area (Å²) < 4.78 is 10.8. The van der Waals surface area contributed by atoms with Crippen LogP contribution in [0.25, 0.3) is 11.4 Å². The highest BCUT2D eigenvalue weighted by molar-refractivity contribution is 6.17. The summed E-state index contributed by atoms with van der Waals surface area (Å²) in [7, 11) is 0. The molecule has 23 heavy (non-hydrogen) atoms. The van der Waals surface area contributed by atoms with E-state index in [0.717, 1.165) is 30.8 Å². The summed E-state index contributed by atoms with van der Waals surface area (Å²) >= 11 is 5.52. The standard InChI is InChI=1S/C18H23ClN2O2/c1-15-4-7-20-17(13-15)18-14-16(5-8-21-18)3-2-9-22-11-12-23-10-6-19/h4-5,7-8,13-14H,2-3,6,9-12H2,1H3. The molecule has 0 atom stereocenters. The van der Waals surface area contributed by atoms with Crippen LogP contribution in [0.3, 0.4) is 0 Å². The Bertz CT molecular complexity index is 593. The fourth-order valence-electron chi connectivity index (χ4n) is 2.20. The molecule has 0 N–H and O–H groups in total. The lowest BCUT2D eigenvalue weighted by Crippen LogP contribution is -2.07. The van der Waals surface area contributed by atoms with Gasteiger partial charge < -0.3 is 9.47 Å². The van der Waals surface area contributed by atoms with Gasteiger partial charge in [-0.15, -0.1) is 11.6 Å². The van der Waals surface area contributed by atoms with E-state index < -0.39 is 0 Å². The van der Waals surface area contributed by atoms with Gasteiger partial charge in [-0.25, -0.2) is 0 Å². The molecular weight excluding hydrogens is 312 g/mol. The van der Waals surface area contributed by atoms with Gasteiger partial charge in [-0.1, -0.05) is 0 Å². The molecule has 0 fully saturated rings. The van der Waals surface area contributed by atoms with E-state index in [1.165, 1.54) is 11.1 Å². The Morgan fingerprint density at radius 2 is 1.61 bits per heavy atom. The van der Waals surface area contributed by atoms with Crippen molar-refractivity contribution in [3.63, 3.8) is 0 Å². The van der Waals surface area contributed by atoms with Crippen LogP contribution in [0, 0.1) is 6.92 Å². The van der Waals surface area contributed by atoms with Gasteiger partial charge >= 0.3 is 0 Å². The zero-order chi connectivity index (χ0) is 16.3. The third-order valence-electron chi connectivity index (χ3n) is 3.35. The first-order valence-electron chi connectivity index (χ1n) is 7.89. The minimum absolute atomic E-state index is 0.528. The van der Waals surface area contributed by atoms with Crippen molar-refractivity contribution >= 4 is 11.6 Å². The number of alkyl halides is 1. The summed E-state index contributed by atoms with van der Waals surface area (Å²) in [6.07, 6.45) is 5.60. The highest BCUT2D eigenvalue weighted by atomic mass is 35.5. The van der Waals surface area contributed by atoms with Gasteiger partial charge in [0.25, 0.3) is 0 Å². The molecule has 0 saturated heterocycles. The van der Waals surface area contributed by atoms with Crippen LogP contribution in [0.2, 0.25) is 0 Å². The van der Waals surface area contributed by atoms with Crippen molar-refractivity contribution in [1.82, 2.24) is 9.97 Å². The molecule has 4 nitrogen and oxygen atoms in total. The van der Waals surface area contributed by atoms with E-state index in [1.807, 2.05) is 24.5 Å². The van der Waals surface area contributed by atoms with Crippen molar-refractivity contribution in [3.05, 3.63) is 47.8 Å². The topological polar surface area (TPSA) is 44.2 Å². The third-order valence-corrected chi connectivity index (χ3v) is 3.50. The fraction of sp³-hybridized carbons (Fsp3) is 0.444. The average molecular weight is 335 g/mol. The van der Waals surface area contributed by atoms with E-state index in [0.29, 0.717) is 25.7 Å². The first-order valence-corrected chi connectivity index (χ1v) is 8.42. The molecule has 0 radical (unpaired) electrons. The SMILES string of the molecule is Cc1ccnc(-c2cc(CCCOCCOCCCl)ccn2)c1. The molecule has 0 amide bonds. The minimum Gasteiger partial charge on any atom is -0.379 e. The van der Waals surface area contributed by atoms with Crippen molar-refractivity contribution in [3.8, 4) is 11.4 Å². The monoisotopic (exact) mass is 334 g/mol. The first-order chi connectivity index (χ1) is 11.3. The number of hydrogen-bond donors (Lipinski definition) is 0. The lowest BCUT2D eigenvalue weighted by atomic mass is 10.1. The predicted molar refractivity (Wildman–Crippen MR) is 92.9 cm³/mol. The van der Waals surface area contributed by atoms with Crippen molar-refractivity contribution in [2.24, 2.45) is 0 Å². The van der Waals surface area contributed by atoms with Gasteiger partial charge in [0.05, 0.1) is 31.2 Å². The minimum atomic E-state index is 0.528. The number of rotatable bonds is 10. The Hall–Kier alpha value is -1.49. The highest BCUT2D eigenvalue weighted by Gasteiger charge is 2.03. The number of halogens is 1. The molecular formula is C18H23ClN2O2. The molecule has 0 aliphatic heterocycles. The van der Waals surface area contributed by atoms with E-state index in [9.17, 15) is 0 Å². The largest absolute Gasteiger partial charge is 0.379 e. The number of hydrogen-bond acceptors (Lipinski definition) is 4. The molecule has 0 spiro atoms. The number of pyridine rings is 2. The van der Waals surface area contributed by atoms with Gasteiger partial charge in [0.1, 0.15) is 0 Å². The van der Waals surface area contributed by atoms with Gasteiger partial charge in [0.15, 0.2) is 0 Å². The van der Waals surface area contributed by atoms with Crippen molar-refractivity contribution in [2.75, 3.05) is 32.3 Å². The Morgan fingerprint density at radius 1 is 0.913 bits per heavy atom. The summed E-state index contributed by atoms with van der Waals surface area (Å²) in [5, 5.41) is 0. The molecule has 0 aliphatic carbocycles. The van der Waals surface area contributed by atoms with Crippen LogP contribution in [0.15, 0.2) is 36.7 Å². The van der Waals surface area contributed by atoms with Gasteiger partial charge in [-0.3, -0.25) is 9.97 Å². The highest BCUT2D eigenvalue weighted by Crippen LogP contribution is 2.17. The maximum Gasteiger partial charge on any atom is 0.0888 e. The quantitative estimate of drug-likeness (QED) is 0.491. The third kappa shape index (κ3) is 6.65. The maximum atomic E-state index is 5.54. The van der Waals surface area contributed by atoms with Crippen LogP contribution in [0.5, 0.6) is 0 Å². The fourth-order valence-corrected chi connectivity index (χ4v) is 2.31. The van der Waals surface area contributed by atoms with Crippen LogP contribution in [-0.2, 0) is 15.9 Å². The molecule has 2 heterocycles. The smallest absolute Gasteiger partial charge is 0.0888 e. The first kappa shape index (κ1) is 17.9. The van der Waals surface area contributed by atoms with E-state index >= 15 is 0 Å². The zero-order valence-electron chi connectivity index (χ0n) is 13.5. The molecule has 5 heteroatoms. The molecule has 2 aromatic rings. The predicted octanol–water partition coefficient (Wildman–Crippen LogP) is 3.66. The van der Waals surface area contributed by atoms with Crippen LogP contribution < -0.4 is 0 Å². The Balaban J connectivity index is 1.75. The molecule has 124 valence electrons. The van der Waals surface area contributed by atoms with E-state index in [4.69, 9.17) is 21.1 Å². The summed E-state index contributed by atoms with van der Waals surface area (Å²) in [6.45, 7) is 4.59. The summed E-state index contributed by atoms with van der Waals surface area (Å²) in [5.74, 6) is 0.528. The maximum absolute atomic E-state index is 5.54.